The summed E-state index contributed by atoms with van der Waals surface area (Å²) in [6.45, 7) is -0.206. The Morgan fingerprint density at radius 2 is 1.30 bits per heavy atom. The quantitative estimate of drug-likeness (QED) is 0.637. The Balaban J connectivity index is 0.000000483. The van der Waals surface area contributed by atoms with Gasteiger partial charge < -0.3 is 17.2 Å². The molecule has 0 radical (unpaired) electrons. The van der Waals surface area contributed by atoms with E-state index >= 15 is 0 Å². The molecule has 0 amide bonds. The molecule has 2 rings (SSSR count). The van der Waals surface area contributed by atoms with Crippen molar-refractivity contribution < 1.29 is 26.3 Å². The molecule has 0 aromatic carbocycles. The first kappa shape index (κ1) is 23.9. The van der Waals surface area contributed by atoms with E-state index < -0.39 is 29.3 Å². The summed E-state index contributed by atoms with van der Waals surface area (Å²) in [5.74, 6) is -0.421. The fourth-order valence-corrected chi connectivity index (χ4v) is 1.69. The SMILES string of the molecule is C.N#Cc1ccc(N)nc1C(F)(F)F.NCc1ccc(N)nc1C(F)(F)F. The molecule has 6 nitrogen and oxygen atoms in total. The highest BCUT2D eigenvalue weighted by molar-refractivity contribution is 5.41. The Kier molecular flexibility index (Phi) is 8.01. The number of alkyl halides is 6. The third kappa shape index (κ3) is 6.63. The highest BCUT2D eigenvalue weighted by Crippen LogP contribution is 2.31. The largest absolute Gasteiger partial charge is 0.434 e. The first-order valence-electron chi connectivity index (χ1n) is 6.66. The average Bonchev–Trinajstić information content (AvgIpc) is 2.54. The van der Waals surface area contributed by atoms with Crippen molar-refractivity contribution >= 4 is 11.6 Å². The van der Waals surface area contributed by atoms with Crippen molar-refractivity contribution in [2.75, 3.05) is 11.5 Å². The van der Waals surface area contributed by atoms with Crippen LogP contribution in [0.2, 0.25) is 0 Å². The molecule has 2 aromatic rings. The van der Waals surface area contributed by atoms with E-state index in [-0.39, 0.29) is 31.2 Å². The maximum Gasteiger partial charge on any atom is 0.434 e. The van der Waals surface area contributed by atoms with E-state index in [0.717, 1.165) is 12.1 Å². The molecule has 0 unspecified atom stereocenters. The summed E-state index contributed by atoms with van der Waals surface area (Å²) < 4.78 is 73.2. The average molecular weight is 394 g/mol. The van der Waals surface area contributed by atoms with Crippen LogP contribution < -0.4 is 17.2 Å². The van der Waals surface area contributed by atoms with E-state index in [1.807, 2.05) is 0 Å². The number of aromatic nitrogens is 2. The molecular formula is C15H16F6N6. The number of hydrogen-bond acceptors (Lipinski definition) is 6. The summed E-state index contributed by atoms with van der Waals surface area (Å²) >= 11 is 0. The van der Waals surface area contributed by atoms with Gasteiger partial charge in [-0.05, 0) is 23.8 Å². The van der Waals surface area contributed by atoms with Gasteiger partial charge in [-0.1, -0.05) is 13.5 Å². The second-order valence-electron chi connectivity index (χ2n) is 4.69. The molecule has 0 aliphatic rings. The zero-order valence-corrected chi connectivity index (χ0v) is 12.9. The normalized spacial score (nSPS) is 10.9. The van der Waals surface area contributed by atoms with Crippen molar-refractivity contribution in [2.45, 2.75) is 26.3 Å². The zero-order chi connectivity index (χ0) is 20.1. The first-order chi connectivity index (χ1) is 11.9. The number of anilines is 2. The molecule has 27 heavy (non-hydrogen) atoms. The summed E-state index contributed by atoms with van der Waals surface area (Å²) in [6.07, 6.45) is -9.13. The predicted octanol–water partition coefficient (Wildman–Crippen LogP) is 3.33. The molecule has 12 heteroatoms. The standard InChI is InChI=1S/C7H8F3N3.C7H4F3N3.CH4/c2*8-7(9,10)6-4(3-11)1-2-5(12)13-6;/h1-2H,3,11H2,(H2,12,13);1-2H,(H2,12,13);1H4. The first-order valence-corrected chi connectivity index (χ1v) is 6.66. The summed E-state index contributed by atoms with van der Waals surface area (Å²) in [4.78, 5) is 6.23. The molecule has 2 aromatic heterocycles. The van der Waals surface area contributed by atoms with Crippen LogP contribution in [0.5, 0.6) is 0 Å². The topological polar surface area (TPSA) is 128 Å². The maximum atomic E-state index is 12.2. The van der Waals surface area contributed by atoms with Crippen LogP contribution in [-0.2, 0) is 18.9 Å². The van der Waals surface area contributed by atoms with E-state index in [1.165, 1.54) is 18.2 Å². The predicted molar refractivity (Wildman–Crippen MR) is 86.6 cm³/mol. The minimum Gasteiger partial charge on any atom is -0.384 e. The summed E-state index contributed by atoms with van der Waals surface area (Å²) in [7, 11) is 0. The van der Waals surface area contributed by atoms with E-state index in [0.29, 0.717) is 0 Å². The van der Waals surface area contributed by atoms with Crippen molar-refractivity contribution in [3.63, 3.8) is 0 Å². The van der Waals surface area contributed by atoms with Gasteiger partial charge in [0.05, 0.1) is 5.56 Å². The molecule has 0 atom stereocenters. The van der Waals surface area contributed by atoms with Crippen molar-refractivity contribution in [2.24, 2.45) is 5.73 Å². The molecule has 2 heterocycles. The van der Waals surface area contributed by atoms with Gasteiger partial charge in [-0.2, -0.15) is 31.6 Å². The molecule has 0 aliphatic heterocycles. The van der Waals surface area contributed by atoms with Crippen LogP contribution in [0.15, 0.2) is 24.3 Å². The Hall–Kier alpha value is -3.07. The highest BCUT2D eigenvalue weighted by Gasteiger charge is 2.36. The van der Waals surface area contributed by atoms with Gasteiger partial charge in [-0.3, -0.25) is 0 Å². The lowest BCUT2D eigenvalue weighted by atomic mass is 10.2. The minimum atomic E-state index is -4.64. The van der Waals surface area contributed by atoms with Gasteiger partial charge in [0.15, 0.2) is 11.4 Å². The van der Waals surface area contributed by atoms with Crippen molar-refractivity contribution in [3.05, 3.63) is 46.8 Å². The second-order valence-corrected chi connectivity index (χ2v) is 4.69. The van der Waals surface area contributed by atoms with Crippen LogP contribution in [0.1, 0.15) is 29.9 Å². The fraction of sp³-hybridized carbons (Fsp3) is 0.267. The van der Waals surface area contributed by atoms with Gasteiger partial charge in [0.25, 0.3) is 0 Å². The number of nitriles is 1. The molecule has 0 saturated carbocycles. The number of nitrogen functional groups attached to an aromatic ring is 2. The number of hydrogen-bond donors (Lipinski definition) is 3. The van der Waals surface area contributed by atoms with Crippen molar-refractivity contribution in [3.8, 4) is 6.07 Å². The number of pyridine rings is 2. The van der Waals surface area contributed by atoms with E-state index in [2.05, 4.69) is 9.97 Å². The van der Waals surface area contributed by atoms with Crippen LogP contribution in [-0.4, -0.2) is 9.97 Å². The lowest BCUT2D eigenvalue weighted by molar-refractivity contribution is -0.142. The maximum absolute atomic E-state index is 12.2. The number of nitrogens with two attached hydrogens (primary N) is 3. The number of nitrogens with zero attached hydrogens (tertiary/aromatic N) is 3. The molecule has 6 N–H and O–H groups in total. The summed E-state index contributed by atoms with van der Waals surface area (Å²) in [5, 5.41) is 8.34. The van der Waals surface area contributed by atoms with Crippen molar-refractivity contribution in [1.29, 1.82) is 5.26 Å². The van der Waals surface area contributed by atoms with E-state index in [1.54, 1.807) is 0 Å². The lowest BCUT2D eigenvalue weighted by Gasteiger charge is -2.10. The van der Waals surface area contributed by atoms with E-state index in [4.69, 9.17) is 22.5 Å². The molecule has 148 valence electrons. The smallest absolute Gasteiger partial charge is 0.384 e. The Labute approximate surface area is 150 Å². The molecule has 0 bridgehead atoms. The van der Waals surface area contributed by atoms with Crippen molar-refractivity contribution in [1.82, 2.24) is 9.97 Å². The van der Waals surface area contributed by atoms with Gasteiger partial charge in [0, 0.05) is 6.54 Å². The Morgan fingerprint density at radius 3 is 1.70 bits per heavy atom. The Morgan fingerprint density at radius 1 is 0.852 bits per heavy atom. The van der Waals surface area contributed by atoms with Gasteiger partial charge in [-0.25, -0.2) is 9.97 Å². The molecular weight excluding hydrogens is 378 g/mol. The zero-order valence-electron chi connectivity index (χ0n) is 12.9. The van der Waals surface area contributed by atoms with Crippen LogP contribution >= 0.6 is 0 Å². The lowest BCUT2D eigenvalue weighted by Crippen LogP contribution is -2.15. The molecule has 0 fully saturated rings. The molecule has 0 aliphatic carbocycles. The third-order valence-electron chi connectivity index (χ3n) is 2.79. The fourth-order valence-electron chi connectivity index (χ4n) is 1.69. The van der Waals surface area contributed by atoms with Gasteiger partial charge >= 0.3 is 12.4 Å². The summed E-state index contributed by atoms with van der Waals surface area (Å²) in [6, 6.07) is 6.05. The Bertz CT molecular complexity index is 810. The molecule has 0 spiro atoms. The monoisotopic (exact) mass is 394 g/mol. The number of halogens is 6. The van der Waals surface area contributed by atoms with Gasteiger partial charge in [0.1, 0.15) is 17.7 Å². The summed E-state index contributed by atoms with van der Waals surface area (Å²) in [5.41, 5.74) is 12.5. The van der Waals surface area contributed by atoms with Gasteiger partial charge in [-0.15, -0.1) is 0 Å². The van der Waals surface area contributed by atoms with Crippen LogP contribution in [0.25, 0.3) is 0 Å². The van der Waals surface area contributed by atoms with Gasteiger partial charge in [0.2, 0.25) is 0 Å². The molecule has 0 saturated heterocycles. The second kappa shape index (κ2) is 9.04. The third-order valence-corrected chi connectivity index (χ3v) is 2.79. The number of rotatable bonds is 1. The minimum absolute atomic E-state index is 0. The van der Waals surface area contributed by atoms with Crippen LogP contribution in [0, 0.1) is 11.3 Å². The van der Waals surface area contributed by atoms with Crippen LogP contribution in [0.3, 0.4) is 0 Å². The van der Waals surface area contributed by atoms with E-state index in [9.17, 15) is 26.3 Å². The highest BCUT2D eigenvalue weighted by atomic mass is 19.4. The van der Waals surface area contributed by atoms with Crippen LogP contribution in [0.4, 0.5) is 38.0 Å².